The maximum absolute atomic E-state index is 11.8. The van der Waals surface area contributed by atoms with E-state index >= 15 is 0 Å². The highest BCUT2D eigenvalue weighted by Crippen LogP contribution is 2.45. The molecule has 0 amide bonds. The van der Waals surface area contributed by atoms with Crippen LogP contribution in [0, 0.1) is 0 Å². The molecule has 6 nitrogen and oxygen atoms in total. The average Bonchev–Trinajstić information content (AvgIpc) is 3.44. The van der Waals surface area contributed by atoms with E-state index in [1.54, 1.807) is 26.4 Å². The first kappa shape index (κ1) is 21.8. The fraction of sp³-hybridized carbons (Fsp3) is 0.231. The van der Waals surface area contributed by atoms with Crippen LogP contribution in [-0.4, -0.2) is 25.9 Å². The fourth-order valence-corrected chi connectivity index (χ4v) is 4.54. The van der Waals surface area contributed by atoms with Crippen molar-refractivity contribution in [3.63, 3.8) is 0 Å². The van der Waals surface area contributed by atoms with Gasteiger partial charge in [0.15, 0.2) is 5.75 Å². The van der Waals surface area contributed by atoms with Crippen LogP contribution in [0.3, 0.4) is 0 Å². The number of rotatable bonds is 6. The van der Waals surface area contributed by atoms with E-state index < -0.39 is 5.79 Å². The molecule has 0 aromatic heterocycles. The van der Waals surface area contributed by atoms with Crippen LogP contribution < -0.4 is 14.4 Å². The SMILES string of the molecule is COc1ccc(C2(O)OCC(c3ccc4c(c3)COO4)=C2Cc2ccc(OC)c(Cl)c2)cc1. The summed E-state index contributed by atoms with van der Waals surface area (Å²) in [6.07, 6.45) is 0.436. The third kappa shape index (κ3) is 3.96. The Hall–Kier alpha value is -3.03. The average molecular weight is 467 g/mol. The van der Waals surface area contributed by atoms with E-state index in [4.69, 9.17) is 35.6 Å². The molecule has 1 N–H and O–H groups in total. The van der Waals surface area contributed by atoms with Gasteiger partial charge < -0.3 is 24.2 Å². The minimum atomic E-state index is -1.60. The van der Waals surface area contributed by atoms with Gasteiger partial charge in [0.2, 0.25) is 5.79 Å². The van der Waals surface area contributed by atoms with Crippen LogP contribution in [0.4, 0.5) is 0 Å². The number of hydrogen-bond donors (Lipinski definition) is 1. The predicted octanol–water partition coefficient (Wildman–Crippen LogP) is 5.05. The van der Waals surface area contributed by atoms with Crippen molar-refractivity contribution in [2.75, 3.05) is 20.8 Å². The number of methoxy groups -OCH3 is 2. The lowest BCUT2D eigenvalue weighted by molar-refractivity contribution is -0.194. The Bertz CT molecular complexity index is 1220. The maximum atomic E-state index is 11.8. The molecule has 0 fully saturated rings. The van der Waals surface area contributed by atoms with Crippen molar-refractivity contribution in [2.24, 2.45) is 0 Å². The minimum Gasteiger partial charge on any atom is -0.497 e. The van der Waals surface area contributed by atoms with E-state index in [-0.39, 0.29) is 6.61 Å². The first-order valence-electron chi connectivity index (χ1n) is 10.5. The maximum Gasteiger partial charge on any atom is 0.217 e. The Kier molecular flexibility index (Phi) is 5.76. The lowest BCUT2D eigenvalue weighted by Gasteiger charge is -2.27. The van der Waals surface area contributed by atoms with Crippen LogP contribution in [0.5, 0.6) is 17.2 Å². The van der Waals surface area contributed by atoms with E-state index in [9.17, 15) is 5.11 Å². The number of aliphatic hydroxyl groups is 1. The highest BCUT2D eigenvalue weighted by molar-refractivity contribution is 6.32. The lowest BCUT2D eigenvalue weighted by atomic mass is 9.88. The molecule has 1 unspecified atom stereocenters. The summed E-state index contributed by atoms with van der Waals surface area (Å²) in [4.78, 5) is 10.3. The second-order valence-corrected chi connectivity index (χ2v) is 8.34. The van der Waals surface area contributed by atoms with Crippen molar-refractivity contribution in [2.45, 2.75) is 18.8 Å². The summed E-state index contributed by atoms with van der Waals surface area (Å²) in [6.45, 7) is 0.631. The predicted molar refractivity (Wildman–Crippen MR) is 123 cm³/mol. The summed E-state index contributed by atoms with van der Waals surface area (Å²) in [6, 6.07) is 18.7. The van der Waals surface area contributed by atoms with Gasteiger partial charge in [0.25, 0.3) is 0 Å². The van der Waals surface area contributed by atoms with Gasteiger partial charge in [-0.3, -0.25) is 0 Å². The van der Waals surface area contributed by atoms with Gasteiger partial charge in [0, 0.05) is 16.7 Å². The van der Waals surface area contributed by atoms with E-state index in [1.165, 1.54) is 0 Å². The van der Waals surface area contributed by atoms with Crippen LogP contribution in [0.25, 0.3) is 5.57 Å². The number of halogens is 1. The largest absolute Gasteiger partial charge is 0.497 e. The molecule has 2 heterocycles. The van der Waals surface area contributed by atoms with Crippen LogP contribution in [0.2, 0.25) is 5.02 Å². The first-order valence-corrected chi connectivity index (χ1v) is 10.9. The summed E-state index contributed by atoms with van der Waals surface area (Å²) < 4.78 is 16.6. The number of ether oxygens (including phenoxy) is 3. The lowest BCUT2D eigenvalue weighted by Crippen LogP contribution is -2.29. The summed E-state index contributed by atoms with van der Waals surface area (Å²) in [5.74, 6) is 0.403. The van der Waals surface area contributed by atoms with Gasteiger partial charge >= 0.3 is 0 Å². The molecule has 0 bridgehead atoms. The molecule has 0 aliphatic carbocycles. The molecule has 170 valence electrons. The van der Waals surface area contributed by atoms with Crippen LogP contribution in [-0.2, 0) is 28.4 Å². The highest BCUT2D eigenvalue weighted by Gasteiger charge is 2.42. The summed E-state index contributed by atoms with van der Waals surface area (Å²) in [7, 11) is 3.18. The standard InChI is InChI=1S/C26H23ClO6/c1-29-20-7-5-19(6-8-20)26(28)22(11-16-3-9-25(30-2)23(27)12-16)21(15-31-26)17-4-10-24-18(13-17)14-32-33-24/h3-10,12-13,28H,11,14-15H2,1-2H3. The minimum absolute atomic E-state index is 0.252. The fourth-order valence-electron chi connectivity index (χ4n) is 4.26. The van der Waals surface area contributed by atoms with Gasteiger partial charge in [-0.2, -0.15) is 4.89 Å². The summed E-state index contributed by atoms with van der Waals surface area (Å²) in [5.41, 5.74) is 5.11. The number of hydrogen-bond acceptors (Lipinski definition) is 6. The van der Waals surface area contributed by atoms with Gasteiger partial charge in [-0.05, 0) is 71.7 Å². The molecule has 2 aliphatic heterocycles. The summed E-state index contributed by atoms with van der Waals surface area (Å²) in [5, 5.41) is 12.3. The molecule has 0 saturated heterocycles. The van der Waals surface area contributed by atoms with Crippen LogP contribution in [0.1, 0.15) is 22.3 Å². The van der Waals surface area contributed by atoms with Gasteiger partial charge in [-0.1, -0.05) is 23.7 Å². The molecule has 0 saturated carbocycles. The molecule has 2 aliphatic rings. The Morgan fingerprint density at radius 2 is 1.79 bits per heavy atom. The van der Waals surface area contributed by atoms with Crippen molar-refractivity contribution in [1.29, 1.82) is 0 Å². The van der Waals surface area contributed by atoms with Crippen LogP contribution >= 0.6 is 11.6 Å². The smallest absolute Gasteiger partial charge is 0.217 e. The third-order valence-corrected chi connectivity index (χ3v) is 6.34. The van der Waals surface area contributed by atoms with E-state index in [1.807, 2.05) is 48.5 Å². The highest BCUT2D eigenvalue weighted by atomic mass is 35.5. The Balaban J connectivity index is 1.61. The molecular weight excluding hydrogens is 444 g/mol. The van der Waals surface area contributed by atoms with Gasteiger partial charge in [0.1, 0.15) is 18.1 Å². The zero-order chi connectivity index (χ0) is 23.0. The van der Waals surface area contributed by atoms with E-state index in [0.29, 0.717) is 40.9 Å². The van der Waals surface area contributed by atoms with Crippen molar-refractivity contribution >= 4 is 17.2 Å². The molecule has 33 heavy (non-hydrogen) atoms. The van der Waals surface area contributed by atoms with Crippen molar-refractivity contribution in [3.05, 3.63) is 93.5 Å². The molecule has 5 rings (SSSR count). The van der Waals surface area contributed by atoms with Crippen molar-refractivity contribution in [3.8, 4) is 17.2 Å². The quantitative estimate of drug-likeness (QED) is 0.513. The second kappa shape index (κ2) is 8.72. The van der Waals surface area contributed by atoms with E-state index in [0.717, 1.165) is 27.8 Å². The molecule has 1 atom stereocenters. The summed E-state index contributed by atoms with van der Waals surface area (Å²) >= 11 is 6.38. The zero-order valence-electron chi connectivity index (χ0n) is 18.3. The molecule has 0 radical (unpaired) electrons. The number of benzene rings is 3. The van der Waals surface area contributed by atoms with Crippen LogP contribution in [0.15, 0.2) is 66.2 Å². The monoisotopic (exact) mass is 466 g/mol. The zero-order valence-corrected chi connectivity index (χ0v) is 19.0. The molecule has 0 spiro atoms. The van der Waals surface area contributed by atoms with Gasteiger partial charge in [0.05, 0.1) is 25.8 Å². The molecular formula is C26H23ClO6. The normalized spacial score (nSPS) is 19.4. The van der Waals surface area contributed by atoms with E-state index in [2.05, 4.69) is 0 Å². The van der Waals surface area contributed by atoms with Gasteiger partial charge in [-0.15, -0.1) is 0 Å². The topological polar surface area (TPSA) is 66.4 Å². The second-order valence-electron chi connectivity index (χ2n) is 7.93. The Morgan fingerprint density at radius 1 is 0.970 bits per heavy atom. The van der Waals surface area contributed by atoms with Gasteiger partial charge in [-0.25, -0.2) is 0 Å². The molecule has 3 aromatic rings. The molecule has 7 heteroatoms. The third-order valence-electron chi connectivity index (χ3n) is 6.05. The number of fused-ring (bicyclic) bond motifs is 1. The van der Waals surface area contributed by atoms with Crippen molar-refractivity contribution < 1.29 is 29.1 Å². The Labute approximate surface area is 196 Å². The first-order chi connectivity index (χ1) is 16.0. The molecule has 3 aromatic carbocycles. The van der Waals surface area contributed by atoms with Crippen molar-refractivity contribution in [1.82, 2.24) is 0 Å². The Morgan fingerprint density at radius 3 is 2.52 bits per heavy atom.